The molecular formula is C13H17ClO2. The van der Waals surface area contributed by atoms with Gasteiger partial charge in [-0.15, -0.1) is 0 Å². The van der Waals surface area contributed by atoms with E-state index in [0.29, 0.717) is 19.4 Å². The van der Waals surface area contributed by atoms with Crippen molar-refractivity contribution in [1.82, 2.24) is 0 Å². The van der Waals surface area contributed by atoms with Crippen LogP contribution in [0, 0.1) is 6.92 Å². The van der Waals surface area contributed by atoms with Gasteiger partial charge in [-0.05, 0) is 37.0 Å². The summed E-state index contributed by atoms with van der Waals surface area (Å²) in [7, 11) is 0. The normalized spacial score (nSPS) is 10.2. The van der Waals surface area contributed by atoms with Crippen LogP contribution in [0.25, 0.3) is 0 Å². The average Bonchev–Trinajstić information content (AvgIpc) is 2.28. The lowest BCUT2D eigenvalue weighted by Gasteiger charge is -2.04. The largest absolute Gasteiger partial charge is 0.466 e. The van der Waals surface area contributed by atoms with E-state index < -0.39 is 0 Å². The molecule has 0 radical (unpaired) electrons. The number of ether oxygens (including phenoxy) is 1. The molecule has 0 N–H and O–H groups in total. The van der Waals surface area contributed by atoms with Crippen LogP contribution < -0.4 is 0 Å². The zero-order chi connectivity index (χ0) is 12.0. The lowest BCUT2D eigenvalue weighted by atomic mass is 10.1. The molecule has 0 fully saturated rings. The third kappa shape index (κ3) is 4.23. The molecule has 1 rings (SSSR count). The van der Waals surface area contributed by atoms with Gasteiger partial charge in [-0.2, -0.15) is 0 Å². The van der Waals surface area contributed by atoms with Crippen LogP contribution in [-0.4, -0.2) is 12.6 Å². The summed E-state index contributed by atoms with van der Waals surface area (Å²) in [5.41, 5.74) is 2.13. The van der Waals surface area contributed by atoms with E-state index in [0.717, 1.165) is 22.6 Å². The third-order valence-corrected chi connectivity index (χ3v) is 2.73. The molecule has 0 heterocycles. The molecule has 88 valence electrons. The fourth-order valence-electron chi connectivity index (χ4n) is 1.33. The van der Waals surface area contributed by atoms with Gasteiger partial charge in [-0.1, -0.05) is 30.7 Å². The second-order valence-electron chi connectivity index (χ2n) is 3.80. The van der Waals surface area contributed by atoms with E-state index >= 15 is 0 Å². The molecule has 0 unspecified atom stereocenters. The van der Waals surface area contributed by atoms with Gasteiger partial charge in [0.05, 0.1) is 6.61 Å². The average molecular weight is 241 g/mol. The van der Waals surface area contributed by atoms with E-state index in [1.807, 2.05) is 32.0 Å². The molecule has 0 bridgehead atoms. The highest BCUT2D eigenvalue weighted by Crippen LogP contribution is 2.17. The van der Waals surface area contributed by atoms with Crippen LogP contribution >= 0.6 is 11.6 Å². The van der Waals surface area contributed by atoms with Crippen LogP contribution in [-0.2, 0) is 16.0 Å². The summed E-state index contributed by atoms with van der Waals surface area (Å²) in [4.78, 5) is 11.3. The van der Waals surface area contributed by atoms with Gasteiger partial charge in [0, 0.05) is 11.4 Å². The molecule has 1 aromatic carbocycles. The minimum atomic E-state index is -0.140. The predicted molar refractivity (Wildman–Crippen MR) is 65.8 cm³/mol. The number of carbonyl (C=O) groups excluding carboxylic acids is 1. The summed E-state index contributed by atoms with van der Waals surface area (Å²) in [6.45, 7) is 4.45. The SMILES string of the molecule is CCCOC(=O)CCc1ccc(C)c(Cl)c1. The van der Waals surface area contributed by atoms with Crippen LogP contribution in [0.5, 0.6) is 0 Å². The van der Waals surface area contributed by atoms with Crippen LogP contribution in [0.1, 0.15) is 30.9 Å². The number of aryl methyl sites for hydroxylation is 2. The van der Waals surface area contributed by atoms with E-state index in [1.54, 1.807) is 0 Å². The second kappa shape index (κ2) is 6.54. The summed E-state index contributed by atoms with van der Waals surface area (Å²) in [6, 6.07) is 5.87. The molecular weight excluding hydrogens is 224 g/mol. The van der Waals surface area contributed by atoms with Crippen molar-refractivity contribution in [3.8, 4) is 0 Å². The highest BCUT2D eigenvalue weighted by atomic mass is 35.5. The minimum Gasteiger partial charge on any atom is -0.466 e. The van der Waals surface area contributed by atoms with Gasteiger partial charge < -0.3 is 4.74 Å². The molecule has 0 aliphatic carbocycles. The number of carbonyl (C=O) groups is 1. The first-order valence-corrected chi connectivity index (χ1v) is 5.92. The van der Waals surface area contributed by atoms with Crippen molar-refractivity contribution in [1.29, 1.82) is 0 Å². The van der Waals surface area contributed by atoms with E-state index in [2.05, 4.69) is 0 Å². The van der Waals surface area contributed by atoms with Crippen molar-refractivity contribution >= 4 is 17.6 Å². The Morgan fingerprint density at radius 2 is 2.19 bits per heavy atom. The number of esters is 1. The molecule has 3 heteroatoms. The first-order valence-electron chi connectivity index (χ1n) is 5.54. The number of rotatable bonds is 5. The van der Waals surface area contributed by atoms with Crippen molar-refractivity contribution in [2.24, 2.45) is 0 Å². The Labute approximate surface area is 102 Å². The first kappa shape index (κ1) is 13.0. The Kier molecular flexibility index (Phi) is 5.33. The van der Waals surface area contributed by atoms with Crippen molar-refractivity contribution in [3.63, 3.8) is 0 Å². The minimum absolute atomic E-state index is 0.140. The maximum atomic E-state index is 11.3. The number of halogens is 1. The van der Waals surface area contributed by atoms with Crippen molar-refractivity contribution in [2.75, 3.05) is 6.61 Å². The van der Waals surface area contributed by atoms with Crippen LogP contribution in [0.15, 0.2) is 18.2 Å². The van der Waals surface area contributed by atoms with Crippen LogP contribution in [0.4, 0.5) is 0 Å². The van der Waals surface area contributed by atoms with Crippen LogP contribution in [0.3, 0.4) is 0 Å². The zero-order valence-electron chi connectivity index (χ0n) is 9.75. The fraction of sp³-hybridized carbons (Fsp3) is 0.462. The monoisotopic (exact) mass is 240 g/mol. The molecule has 0 aliphatic heterocycles. The van der Waals surface area contributed by atoms with E-state index in [4.69, 9.17) is 16.3 Å². The van der Waals surface area contributed by atoms with Crippen molar-refractivity contribution in [2.45, 2.75) is 33.1 Å². The van der Waals surface area contributed by atoms with E-state index in [1.165, 1.54) is 0 Å². The molecule has 1 aromatic rings. The van der Waals surface area contributed by atoms with Gasteiger partial charge in [0.2, 0.25) is 0 Å². The summed E-state index contributed by atoms with van der Waals surface area (Å²) < 4.78 is 4.99. The number of hydrogen-bond acceptors (Lipinski definition) is 2. The molecule has 0 aromatic heterocycles. The lowest BCUT2D eigenvalue weighted by Crippen LogP contribution is -2.06. The molecule has 0 saturated heterocycles. The summed E-state index contributed by atoms with van der Waals surface area (Å²) in [6.07, 6.45) is 1.96. The van der Waals surface area contributed by atoms with E-state index in [-0.39, 0.29) is 5.97 Å². The maximum absolute atomic E-state index is 11.3. The molecule has 0 aliphatic rings. The van der Waals surface area contributed by atoms with Gasteiger partial charge in [-0.25, -0.2) is 0 Å². The molecule has 0 amide bonds. The van der Waals surface area contributed by atoms with Gasteiger partial charge in [0.25, 0.3) is 0 Å². The summed E-state index contributed by atoms with van der Waals surface area (Å²) >= 11 is 6.00. The molecule has 2 nitrogen and oxygen atoms in total. The standard InChI is InChI=1S/C13H17ClO2/c1-3-8-16-13(15)7-6-11-5-4-10(2)12(14)9-11/h4-5,9H,3,6-8H2,1-2H3. The smallest absolute Gasteiger partial charge is 0.306 e. The third-order valence-electron chi connectivity index (χ3n) is 2.32. The van der Waals surface area contributed by atoms with Gasteiger partial charge in [-0.3, -0.25) is 4.79 Å². The Bertz CT molecular complexity index is 361. The first-order chi connectivity index (χ1) is 7.63. The second-order valence-corrected chi connectivity index (χ2v) is 4.21. The Morgan fingerprint density at radius 3 is 2.81 bits per heavy atom. The van der Waals surface area contributed by atoms with E-state index in [9.17, 15) is 4.79 Å². The number of hydrogen-bond donors (Lipinski definition) is 0. The van der Waals surface area contributed by atoms with Crippen molar-refractivity contribution < 1.29 is 9.53 Å². The molecule has 0 saturated carbocycles. The highest BCUT2D eigenvalue weighted by molar-refractivity contribution is 6.31. The van der Waals surface area contributed by atoms with Gasteiger partial charge in [0.1, 0.15) is 0 Å². The Hall–Kier alpha value is -1.02. The highest BCUT2D eigenvalue weighted by Gasteiger charge is 2.04. The zero-order valence-corrected chi connectivity index (χ0v) is 10.5. The molecule has 0 atom stereocenters. The van der Waals surface area contributed by atoms with Crippen LogP contribution in [0.2, 0.25) is 5.02 Å². The van der Waals surface area contributed by atoms with Gasteiger partial charge in [0.15, 0.2) is 0 Å². The fourth-order valence-corrected chi connectivity index (χ4v) is 1.53. The molecule has 0 spiro atoms. The van der Waals surface area contributed by atoms with Crippen molar-refractivity contribution in [3.05, 3.63) is 34.3 Å². The Balaban J connectivity index is 2.42. The molecule has 16 heavy (non-hydrogen) atoms. The van der Waals surface area contributed by atoms with Gasteiger partial charge >= 0.3 is 5.97 Å². The lowest BCUT2D eigenvalue weighted by molar-refractivity contribution is -0.143. The topological polar surface area (TPSA) is 26.3 Å². The summed E-state index contributed by atoms with van der Waals surface area (Å²) in [5.74, 6) is -0.140. The predicted octanol–water partition coefficient (Wildman–Crippen LogP) is 3.53. The maximum Gasteiger partial charge on any atom is 0.306 e. The number of benzene rings is 1. The summed E-state index contributed by atoms with van der Waals surface area (Å²) in [5, 5.41) is 0.749. The Morgan fingerprint density at radius 1 is 1.44 bits per heavy atom. The quantitative estimate of drug-likeness (QED) is 0.736.